The van der Waals surface area contributed by atoms with Crippen molar-refractivity contribution in [2.45, 2.75) is 12.5 Å². The molecular weight excluding hydrogens is 192 g/mol. The molecular formula is C9H11ClO3. The van der Waals surface area contributed by atoms with Gasteiger partial charge in [0.15, 0.2) is 0 Å². The molecule has 0 aromatic heterocycles. The van der Waals surface area contributed by atoms with Crippen LogP contribution in [0.4, 0.5) is 0 Å². The van der Waals surface area contributed by atoms with Crippen molar-refractivity contribution < 1.29 is 15.3 Å². The molecule has 1 atom stereocenters. The average molecular weight is 203 g/mol. The Morgan fingerprint density at radius 3 is 2.31 bits per heavy atom. The fourth-order valence-corrected chi connectivity index (χ4v) is 1.10. The van der Waals surface area contributed by atoms with E-state index in [2.05, 4.69) is 4.89 Å². The van der Waals surface area contributed by atoms with Crippen LogP contribution in [0, 0.1) is 0 Å². The summed E-state index contributed by atoms with van der Waals surface area (Å²) in [6.45, 7) is 1.28. The Kier molecular flexibility index (Phi) is 3.27. The first-order chi connectivity index (χ1) is 6.12. The van der Waals surface area contributed by atoms with Crippen molar-refractivity contribution in [3.05, 3.63) is 34.9 Å². The molecule has 0 spiro atoms. The molecule has 0 aliphatic rings. The first-order valence-electron chi connectivity index (χ1n) is 3.82. The zero-order chi connectivity index (χ0) is 9.90. The number of rotatable bonds is 3. The molecule has 0 fully saturated rings. The number of benzene rings is 1. The van der Waals surface area contributed by atoms with Gasteiger partial charge in [-0.05, 0) is 24.6 Å². The topological polar surface area (TPSA) is 49.7 Å². The van der Waals surface area contributed by atoms with Gasteiger partial charge in [-0.3, -0.25) is 5.26 Å². The summed E-state index contributed by atoms with van der Waals surface area (Å²) >= 11 is 5.68. The Bertz CT molecular complexity index is 267. The Morgan fingerprint density at radius 2 is 1.92 bits per heavy atom. The van der Waals surface area contributed by atoms with Crippen LogP contribution in [0.5, 0.6) is 0 Å². The Labute approximate surface area is 81.5 Å². The van der Waals surface area contributed by atoms with Gasteiger partial charge in [-0.2, -0.15) is 0 Å². The van der Waals surface area contributed by atoms with E-state index in [1.54, 1.807) is 31.2 Å². The first kappa shape index (κ1) is 10.5. The van der Waals surface area contributed by atoms with E-state index in [-0.39, 0.29) is 6.61 Å². The van der Waals surface area contributed by atoms with Crippen molar-refractivity contribution in [2.24, 2.45) is 0 Å². The minimum atomic E-state index is -1.08. The first-order valence-corrected chi connectivity index (χ1v) is 4.19. The molecule has 3 nitrogen and oxygen atoms in total. The smallest absolute Gasteiger partial charge is 0.148 e. The molecule has 0 aliphatic carbocycles. The minimum absolute atomic E-state index is 0.300. The lowest BCUT2D eigenvalue weighted by Crippen LogP contribution is -2.28. The Balaban J connectivity index is 2.99. The number of hydrogen-bond donors (Lipinski definition) is 2. The highest BCUT2D eigenvalue weighted by molar-refractivity contribution is 6.30. The van der Waals surface area contributed by atoms with Gasteiger partial charge in [-0.25, -0.2) is 4.89 Å². The standard InChI is InChI=1S/C9H11ClO3/c1-9(6-11,13-12)7-2-4-8(10)5-3-7/h2-5,11-12H,6H2,1H3. The highest BCUT2D eigenvalue weighted by Gasteiger charge is 2.26. The monoisotopic (exact) mass is 202 g/mol. The molecule has 1 unspecified atom stereocenters. The van der Waals surface area contributed by atoms with Crippen LogP contribution in [0.1, 0.15) is 12.5 Å². The molecule has 0 aliphatic heterocycles. The highest BCUT2D eigenvalue weighted by atomic mass is 35.5. The van der Waals surface area contributed by atoms with Gasteiger partial charge in [-0.15, -0.1) is 0 Å². The lowest BCUT2D eigenvalue weighted by atomic mass is 9.97. The van der Waals surface area contributed by atoms with E-state index in [1.165, 1.54) is 0 Å². The molecule has 0 heterocycles. The number of halogens is 1. The lowest BCUT2D eigenvalue weighted by molar-refractivity contribution is -0.331. The number of aliphatic hydroxyl groups is 1. The molecule has 72 valence electrons. The molecule has 0 amide bonds. The molecule has 1 aromatic carbocycles. The van der Waals surface area contributed by atoms with Gasteiger partial charge in [0.05, 0.1) is 6.61 Å². The molecule has 1 rings (SSSR count). The van der Waals surface area contributed by atoms with Crippen LogP contribution in [0.15, 0.2) is 24.3 Å². The van der Waals surface area contributed by atoms with Gasteiger partial charge >= 0.3 is 0 Å². The van der Waals surface area contributed by atoms with Crippen molar-refractivity contribution in [3.8, 4) is 0 Å². The van der Waals surface area contributed by atoms with E-state index < -0.39 is 5.60 Å². The second-order valence-corrected chi connectivity index (χ2v) is 3.42. The maximum absolute atomic E-state index is 8.99. The summed E-state index contributed by atoms with van der Waals surface area (Å²) in [5.74, 6) is 0. The highest BCUT2D eigenvalue weighted by Crippen LogP contribution is 2.24. The normalized spacial score (nSPS) is 15.4. The molecule has 2 N–H and O–H groups in total. The maximum Gasteiger partial charge on any atom is 0.148 e. The summed E-state index contributed by atoms with van der Waals surface area (Å²) in [6, 6.07) is 6.72. The van der Waals surface area contributed by atoms with Crippen molar-refractivity contribution in [2.75, 3.05) is 6.61 Å². The second kappa shape index (κ2) is 4.07. The lowest BCUT2D eigenvalue weighted by Gasteiger charge is -2.23. The largest absolute Gasteiger partial charge is 0.393 e. The number of aliphatic hydroxyl groups excluding tert-OH is 1. The van der Waals surface area contributed by atoms with Crippen molar-refractivity contribution in [1.82, 2.24) is 0 Å². The predicted molar refractivity (Wildman–Crippen MR) is 49.6 cm³/mol. The van der Waals surface area contributed by atoms with Crippen LogP contribution in [0.25, 0.3) is 0 Å². The predicted octanol–water partition coefficient (Wildman–Crippen LogP) is 2.04. The summed E-state index contributed by atoms with van der Waals surface area (Å²) in [7, 11) is 0. The van der Waals surface area contributed by atoms with Gasteiger partial charge in [0.2, 0.25) is 0 Å². The zero-order valence-corrected chi connectivity index (χ0v) is 7.95. The van der Waals surface area contributed by atoms with Crippen molar-refractivity contribution in [3.63, 3.8) is 0 Å². The van der Waals surface area contributed by atoms with E-state index in [1.807, 2.05) is 0 Å². The molecule has 1 aromatic rings. The van der Waals surface area contributed by atoms with Crippen molar-refractivity contribution in [1.29, 1.82) is 0 Å². The summed E-state index contributed by atoms with van der Waals surface area (Å²) in [5, 5.41) is 18.2. The van der Waals surface area contributed by atoms with Gasteiger partial charge < -0.3 is 5.11 Å². The van der Waals surface area contributed by atoms with Crippen LogP contribution in [-0.2, 0) is 10.5 Å². The maximum atomic E-state index is 8.99. The Hall–Kier alpha value is -0.610. The van der Waals surface area contributed by atoms with Gasteiger partial charge in [-0.1, -0.05) is 23.7 Å². The quantitative estimate of drug-likeness (QED) is 0.583. The van der Waals surface area contributed by atoms with Gasteiger partial charge in [0.1, 0.15) is 5.60 Å². The molecule has 0 radical (unpaired) electrons. The summed E-state index contributed by atoms with van der Waals surface area (Å²) in [6.07, 6.45) is 0. The Morgan fingerprint density at radius 1 is 1.38 bits per heavy atom. The zero-order valence-electron chi connectivity index (χ0n) is 7.20. The average Bonchev–Trinajstić information content (AvgIpc) is 2.18. The fraction of sp³-hybridized carbons (Fsp3) is 0.333. The van der Waals surface area contributed by atoms with E-state index in [0.29, 0.717) is 10.6 Å². The summed E-state index contributed by atoms with van der Waals surface area (Å²) < 4.78 is 0. The molecule has 0 saturated carbocycles. The second-order valence-electron chi connectivity index (χ2n) is 2.99. The molecule has 0 bridgehead atoms. The van der Waals surface area contributed by atoms with Crippen LogP contribution < -0.4 is 0 Å². The van der Waals surface area contributed by atoms with E-state index in [9.17, 15) is 0 Å². The van der Waals surface area contributed by atoms with Crippen LogP contribution >= 0.6 is 11.6 Å². The molecule has 4 heteroatoms. The third-order valence-electron chi connectivity index (χ3n) is 1.96. The van der Waals surface area contributed by atoms with Crippen LogP contribution in [0.3, 0.4) is 0 Å². The van der Waals surface area contributed by atoms with Crippen molar-refractivity contribution >= 4 is 11.6 Å². The minimum Gasteiger partial charge on any atom is -0.393 e. The van der Waals surface area contributed by atoms with E-state index in [0.717, 1.165) is 0 Å². The van der Waals surface area contributed by atoms with E-state index in [4.69, 9.17) is 22.0 Å². The third-order valence-corrected chi connectivity index (χ3v) is 2.21. The molecule has 0 saturated heterocycles. The fourth-order valence-electron chi connectivity index (χ4n) is 0.975. The van der Waals surface area contributed by atoms with Gasteiger partial charge in [0, 0.05) is 5.02 Å². The summed E-state index contributed by atoms with van der Waals surface area (Å²) in [4.78, 5) is 4.22. The third kappa shape index (κ3) is 2.19. The molecule has 13 heavy (non-hydrogen) atoms. The number of hydrogen-bond acceptors (Lipinski definition) is 3. The van der Waals surface area contributed by atoms with Crippen LogP contribution in [-0.4, -0.2) is 17.0 Å². The summed E-state index contributed by atoms with van der Waals surface area (Å²) in [5.41, 5.74) is -0.410. The van der Waals surface area contributed by atoms with E-state index >= 15 is 0 Å². The SMILES string of the molecule is CC(CO)(OO)c1ccc(Cl)cc1. The van der Waals surface area contributed by atoms with Crippen LogP contribution in [0.2, 0.25) is 5.02 Å². The van der Waals surface area contributed by atoms with Gasteiger partial charge in [0.25, 0.3) is 0 Å².